The van der Waals surface area contributed by atoms with Crippen LogP contribution in [0.5, 0.6) is 0 Å². The van der Waals surface area contributed by atoms with Crippen LogP contribution >= 0.6 is 23.7 Å². The quantitative estimate of drug-likeness (QED) is 0.296. The summed E-state index contributed by atoms with van der Waals surface area (Å²) in [6, 6.07) is 25.8. The molecular formula is C23H22N6OS2. The Morgan fingerprint density at radius 3 is 2.62 bits per heavy atom. The van der Waals surface area contributed by atoms with Crippen molar-refractivity contribution in [1.82, 2.24) is 20.2 Å². The fraction of sp³-hybridized carbons (Fsp3) is 0.130. The minimum absolute atomic E-state index is 0.118. The summed E-state index contributed by atoms with van der Waals surface area (Å²) in [5, 5.41) is 15.4. The van der Waals surface area contributed by atoms with E-state index in [4.69, 9.17) is 0 Å². The molecule has 0 fully saturated rings. The number of nitrogens with one attached hydrogen (secondary N) is 1. The van der Waals surface area contributed by atoms with Crippen LogP contribution in [0.15, 0.2) is 88.9 Å². The third-order valence-corrected chi connectivity index (χ3v) is 6.47. The Labute approximate surface area is 195 Å². The maximum atomic E-state index is 12.6. The molecule has 0 aliphatic heterocycles. The van der Waals surface area contributed by atoms with E-state index in [0.29, 0.717) is 5.16 Å². The van der Waals surface area contributed by atoms with Crippen molar-refractivity contribution in [3.63, 3.8) is 0 Å². The number of aromatic nitrogens is 4. The maximum absolute atomic E-state index is 12.6. The summed E-state index contributed by atoms with van der Waals surface area (Å²) in [5.41, 5.74) is 3.81. The van der Waals surface area contributed by atoms with Gasteiger partial charge in [0, 0.05) is 23.3 Å². The van der Waals surface area contributed by atoms with E-state index in [1.54, 1.807) is 16.6 Å². The van der Waals surface area contributed by atoms with Crippen LogP contribution in [0.2, 0.25) is 0 Å². The molecule has 32 heavy (non-hydrogen) atoms. The lowest BCUT2D eigenvalue weighted by molar-refractivity contribution is -0.113. The zero-order chi connectivity index (χ0) is 22.3. The summed E-state index contributed by atoms with van der Waals surface area (Å²) in [4.78, 5) is 13.6. The number of benzene rings is 3. The normalized spacial score (nSPS) is 10.7. The molecule has 9 heteroatoms. The van der Waals surface area contributed by atoms with Crippen molar-refractivity contribution in [3.8, 4) is 5.69 Å². The van der Waals surface area contributed by atoms with E-state index in [2.05, 4.69) is 37.3 Å². The van der Waals surface area contributed by atoms with E-state index in [-0.39, 0.29) is 11.7 Å². The van der Waals surface area contributed by atoms with Crippen molar-refractivity contribution < 1.29 is 4.79 Å². The second-order valence-electron chi connectivity index (χ2n) is 6.95. The smallest absolute Gasteiger partial charge is 0.234 e. The number of hydrogen-bond donors (Lipinski definition) is 1. The number of aryl methyl sites for hydroxylation is 1. The molecule has 1 aromatic heterocycles. The number of carbonyl (C=O) groups is 1. The van der Waals surface area contributed by atoms with Gasteiger partial charge >= 0.3 is 0 Å². The summed E-state index contributed by atoms with van der Waals surface area (Å²) in [7, 11) is 2.01. The lowest BCUT2D eigenvalue weighted by atomic mass is 10.2. The first kappa shape index (κ1) is 21.9. The predicted octanol–water partition coefficient (Wildman–Crippen LogP) is 4.85. The van der Waals surface area contributed by atoms with Crippen LogP contribution in [0.1, 0.15) is 5.56 Å². The Morgan fingerprint density at radius 1 is 1.03 bits per heavy atom. The number of tetrazole rings is 1. The molecule has 1 N–H and O–H groups in total. The first-order valence-electron chi connectivity index (χ1n) is 9.94. The van der Waals surface area contributed by atoms with Gasteiger partial charge in [-0.2, -0.15) is 4.68 Å². The van der Waals surface area contributed by atoms with Crippen molar-refractivity contribution in [3.05, 3.63) is 84.4 Å². The molecule has 0 aliphatic rings. The molecule has 0 saturated carbocycles. The van der Waals surface area contributed by atoms with Gasteiger partial charge in [-0.15, -0.1) is 5.10 Å². The molecule has 0 bridgehead atoms. The third-order valence-electron chi connectivity index (χ3n) is 4.60. The minimum atomic E-state index is -0.118. The molecule has 4 aromatic rings. The summed E-state index contributed by atoms with van der Waals surface area (Å²) in [6.45, 7) is 2.00. The van der Waals surface area contributed by atoms with Gasteiger partial charge in [0.05, 0.1) is 11.4 Å². The molecule has 0 radical (unpaired) electrons. The van der Waals surface area contributed by atoms with Gasteiger partial charge in [0.1, 0.15) is 0 Å². The van der Waals surface area contributed by atoms with Gasteiger partial charge in [-0.1, -0.05) is 54.2 Å². The summed E-state index contributed by atoms with van der Waals surface area (Å²) in [5.74, 6) is 0.0842. The van der Waals surface area contributed by atoms with Crippen LogP contribution in [-0.2, 0) is 4.79 Å². The number of para-hydroxylation sites is 2. The van der Waals surface area contributed by atoms with Crippen LogP contribution in [0.4, 0.5) is 11.4 Å². The van der Waals surface area contributed by atoms with Crippen molar-refractivity contribution in [2.75, 3.05) is 22.4 Å². The SMILES string of the molecule is Cc1ccccc1-n1nnnc1SCC(=O)Nc1cccc(SN(C)c2ccccc2)c1. The van der Waals surface area contributed by atoms with E-state index < -0.39 is 0 Å². The molecule has 0 spiro atoms. The van der Waals surface area contributed by atoms with Gasteiger partial charge < -0.3 is 9.62 Å². The van der Waals surface area contributed by atoms with Gasteiger partial charge in [-0.05, 0) is 71.3 Å². The van der Waals surface area contributed by atoms with Gasteiger partial charge in [-0.3, -0.25) is 4.79 Å². The van der Waals surface area contributed by atoms with E-state index in [1.165, 1.54) is 11.8 Å². The highest BCUT2D eigenvalue weighted by Crippen LogP contribution is 2.28. The molecule has 7 nitrogen and oxygen atoms in total. The maximum Gasteiger partial charge on any atom is 0.234 e. The fourth-order valence-electron chi connectivity index (χ4n) is 3.03. The average Bonchev–Trinajstić information content (AvgIpc) is 3.27. The highest BCUT2D eigenvalue weighted by Gasteiger charge is 2.13. The minimum Gasteiger partial charge on any atom is -0.325 e. The van der Waals surface area contributed by atoms with Crippen LogP contribution in [0.25, 0.3) is 5.69 Å². The molecule has 0 saturated heterocycles. The van der Waals surface area contributed by atoms with E-state index in [0.717, 1.165) is 27.5 Å². The molecule has 0 unspecified atom stereocenters. The van der Waals surface area contributed by atoms with Crippen molar-refractivity contribution in [2.24, 2.45) is 0 Å². The number of amides is 1. The zero-order valence-electron chi connectivity index (χ0n) is 17.7. The van der Waals surface area contributed by atoms with Gasteiger partial charge in [0.25, 0.3) is 0 Å². The summed E-state index contributed by atoms with van der Waals surface area (Å²) in [6.07, 6.45) is 0. The number of thioether (sulfide) groups is 1. The van der Waals surface area contributed by atoms with E-state index in [9.17, 15) is 4.79 Å². The average molecular weight is 463 g/mol. The van der Waals surface area contributed by atoms with Gasteiger partial charge in [0.15, 0.2) is 0 Å². The number of carbonyl (C=O) groups excluding carboxylic acids is 1. The molecule has 1 amide bonds. The summed E-state index contributed by atoms with van der Waals surface area (Å²) >= 11 is 2.90. The van der Waals surface area contributed by atoms with Gasteiger partial charge in [0.2, 0.25) is 11.1 Å². The van der Waals surface area contributed by atoms with E-state index >= 15 is 0 Å². The van der Waals surface area contributed by atoms with Crippen LogP contribution in [-0.4, -0.2) is 38.9 Å². The molecule has 1 heterocycles. The largest absolute Gasteiger partial charge is 0.325 e. The Balaban J connectivity index is 1.36. The molecule has 0 aliphatic carbocycles. The molecule has 162 valence electrons. The number of rotatable bonds is 8. The third kappa shape index (κ3) is 5.49. The lowest BCUT2D eigenvalue weighted by Gasteiger charge is -2.18. The van der Waals surface area contributed by atoms with Crippen molar-refractivity contribution >= 4 is 41.0 Å². The Morgan fingerprint density at radius 2 is 1.81 bits per heavy atom. The topological polar surface area (TPSA) is 75.9 Å². The highest BCUT2D eigenvalue weighted by molar-refractivity contribution is 8.00. The second-order valence-corrected chi connectivity index (χ2v) is 9.09. The Kier molecular flexibility index (Phi) is 7.08. The molecule has 4 rings (SSSR count). The zero-order valence-corrected chi connectivity index (χ0v) is 19.3. The highest BCUT2D eigenvalue weighted by atomic mass is 32.2. The fourth-order valence-corrected chi connectivity index (χ4v) is 4.57. The first-order valence-corrected chi connectivity index (χ1v) is 11.7. The monoisotopic (exact) mass is 462 g/mol. The standard InChI is InChI=1S/C23H22N6OS2/c1-17-9-6-7-14-21(17)29-23(25-26-27-29)31-16-22(30)24-18-10-8-13-20(15-18)32-28(2)19-11-4-3-5-12-19/h3-15H,16H2,1-2H3,(H,24,30). The van der Waals surface area contributed by atoms with Crippen LogP contribution in [0, 0.1) is 6.92 Å². The molecule has 0 atom stereocenters. The van der Waals surface area contributed by atoms with Crippen molar-refractivity contribution in [1.29, 1.82) is 0 Å². The molecule has 3 aromatic carbocycles. The predicted molar refractivity (Wildman–Crippen MR) is 130 cm³/mol. The van der Waals surface area contributed by atoms with Crippen molar-refractivity contribution in [2.45, 2.75) is 17.0 Å². The number of hydrogen-bond acceptors (Lipinski definition) is 7. The second kappa shape index (κ2) is 10.3. The van der Waals surface area contributed by atoms with Gasteiger partial charge in [-0.25, -0.2) is 0 Å². The Bertz CT molecular complexity index is 1200. The lowest BCUT2D eigenvalue weighted by Crippen LogP contribution is -2.15. The number of nitrogens with zero attached hydrogens (tertiary/aromatic N) is 5. The number of anilines is 2. The Hall–Kier alpha value is -3.30. The summed E-state index contributed by atoms with van der Waals surface area (Å²) < 4.78 is 3.74. The van der Waals surface area contributed by atoms with Crippen LogP contribution < -0.4 is 9.62 Å². The molecular weight excluding hydrogens is 440 g/mol. The first-order chi connectivity index (χ1) is 15.6. The van der Waals surface area contributed by atoms with E-state index in [1.807, 2.05) is 80.7 Å². The van der Waals surface area contributed by atoms with Crippen LogP contribution in [0.3, 0.4) is 0 Å².